The van der Waals surface area contributed by atoms with E-state index in [1.807, 2.05) is 18.5 Å². The van der Waals surface area contributed by atoms with Crippen molar-refractivity contribution >= 4 is 10.9 Å². The van der Waals surface area contributed by atoms with E-state index in [0.717, 1.165) is 24.4 Å². The Bertz CT molecular complexity index is 766. The monoisotopic (exact) mass is 306 g/mol. The molecule has 1 unspecified atom stereocenters. The number of rotatable bonds is 4. The van der Waals surface area contributed by atoms with Crippen molar-refractivity contribution in [3.8, 4) is 0 Å². The molecule has 0 radical (unpaired) electrons. The maximum atomic E-state index is 4.40. The van der Waals surface area contributed by atoms with Gasteiger partial charge in [0.15, 0.2) is 0 Å². The molecule has 0 bridgehead atoms. The van der Waals surface area contributed by atoms with Crippen molar-refractivity contribution in [3.05, 3.63) is 60.0 Å². The maximum absolute atomic E-state index is 4.40. The van der Waals surface area contributed by atoms with Gasteiger partial charge in [0.25, 0.3) is 0 Å². The zero-order chi connectivity index (χ0) is 15.5. The van der Waals surface area contributed by atoms with Gasteiger partial charge in [0.2, 0.25) is 0 Å². The van der Waals surface area contributed by atoms with E-state index in [4.69, 9.17) is 0 Å². The van der Waals surface area contributed by atoms with E-state index in [1.54, 1.807) is 0 Å². The summed E-state index contributed by atoms with van der Waals surface area (Å²) >= 11 is 0. The summed E-state index contributed by atoms with van der Waals surface area (Å²) in [6, 6.07) is 12.9. The van der Waals surface area contributed by atoms with Gasteiger partial charge in [0.1, 0.15) is 0 Å². The number of hydrogen-bond donors (Lipinski definition) is 1. The Morgan fingerprint density at radius 1 is 1.17 bits per heavy atom. The van der Waals surface area contributed by atoms with Crippen LogP contribution in [-0.2, 0) is 13.0 Å². The van der Waals surface area contributed by atoms with Gasteiger partial charge in [-0.1, -0.05) is 12.1 Å². The van der Waals surface area contributed by atoms with Gasteiger partial charge >= 0.3 is 0 Å². The molecule has 1 N–H and O–H groups in total. The molecule has 2 aromatic heterocycles. The van der Waals surface area contributed by atoms with Crippen LogP contribution in [-0.4, -0.2) is 33.2 Å². The highest BCUT2D eigenvalue weighted by Crippen LogP contribution is 2.22. The van der Waals surface area contributed by atoms with Gasteiger partial charge < -0.3 is 0 Å². The van der Waals surface area contributed by atoms with E-state index < -0.39 is 0 Å². The first kappa shape index (κ1) is 14.4. The smallest absolute Gasteiger partial charge is 0.0702 e. The summed E-state index contributed by atoms with van der Waals surface area (Å²) < 4.78 is 0. The lowest BCUT2D eigenvalue weighted by molar-refractivity contribution is 0.166. The van der Waals surface area contributed by atoms with Crippen molar-refractivity contribution in [1.29, 1.82) is 0 Å². The van der Waals surface area contributed by atoms with E-state index in [0.29, 0.717) is 0 Å². The molecule has 4 nitrogen and oxygen atoms in total. The zero-order valence-electron chi connectivity index (χ0n) is 13.3. The Morgan fingerprint density at radius 3 is 3.09 bits per heavy atom. The third-order valence-electron chi connectivity index (χ3n) is 4.74. The van der Waals surface area contributed by atoms with Gasteiger partial charge in [-0.3, -0.25) is 15.0 Å². The molecule has 1 aliphatic rings. The summed E-state index contributed by atoms with van der Waals surface area (Å²) in [6.07, 6.45) is 7.41. The Hall–Kier alpha value is -2.20. The highest BCUT2D eigenvalue weighted by molar-refractivity contribution is 5.78. The summed E-state index contributed by atoms with van der Waals surface area (Å²) in [5.74, 6) is 0.728. The van der Waals surface area contributed by atoms with Crippen molar-refractivity contribution in [2.75, 3.05) is 13.1 Å². The SMILES string of the molecule is c1cnc2ccc(CN3CCCC(Cc4ccn[nH]4)C3)cc2c1. The summed E-state index contributed by atoms with van der Waals surface area (Å²) in [4.78, 5) is 6.99. The number of fused-ring (bicyclic) bond motifs is 1. The minimum Gasteiger partial charge on any atom is -0.299 e. The summed E-state index contributed by atoms with van der Waals surface area (Å²) in [5, 5.41) is 8.38. The highest BCUT2D eigenvalue weighted by Gasteiger charge is 2.20. The predicted octanol–water partition coefficient (Wildman–Crippen LogP) is 3.41. The third-order valence-corrected chi connectivity index (χ3v) is 4.74. The van der Waals surface area contributed by atoms with E-state index in [9.17, 15) is 0 Å². The van der Waals surface area contributed by atoms with Crippen molar-refractivity contribution in [2.24, 2.45) is 5.92 Å². The van der Waals surface area contributed by atoms with Gasteiger partial charge in [-0.25, -0.2) is 0 Å². The Kier molecular flexibility index (Phi) is 4.07. The van der Waals surface area contributed by atoms with Crippen LogP contribution >= 0.6 is 0 Å². The molecule has 1 saturated heterocycles. The second-order valence-electron chi connectivity index (χ2n) is 6.56. The summed E-state index contributed by atoms with van der Waals surface area (Å²) in [6.45, 7) is 3.40. The van der Waals surface area contributed by atoms with Gasteiger partial charge in [-0.2, -0.15) is 5.10 Å². The zero-order valence-corrected chi connectivity index (χ0v) is 13.3. The largest absolute Gasteiger partial charge is 0.299 e. The lowest BCUT2D eigenvalue weighted by atomic mass is 9.93. The van der Waals surface area contributed by atoms with Gasteiger partial charge in [0.05, 0.1) is 5.52 Å². The Labute approximate surface area is 136 Å². The third kappa shape index (κ3) is 3.42. The molecule has 4 heteroatoms. The van der Waals surface area contributed by atoms with Crippen LogP contribution < -0.4 is 0 Å². The highest BCUT2D eigenvalue weighted by atomic mass is 15.1. The quantitative estimate of drug-likeness (QED) is 0.803. The Balaban J connectivity index is 1.42. The van der Waals surface area contributed by atoms with E-state index in [-0.39, 0.29) is 0 Å². The number of likely N-dealkylation sites (tertiary alicyclic amines) is 1. The molecular formula is C19H22N4. The van der Waals surface area contributed by atoms with Gasteiger partial charge in [-0.15, -0.1) is 0 Å². The molecule has 0 aliphatic carbocycles. The first-order valence-corrected chi connectivity index (χ1v) is 8.41. The maximum Gasteiger partial charge on any atom is 0.0702 e. The second-order valence-corrected chi connectivity index (χ2v) is 6.56. The molecule has 1 aromatic carbocycles. The normalized spacial score (nSPS) is 19.2. The Morgan fingerprint density at radius 2 is 2.17 bits per heavy atom. The number of benzene rings is 1. The fourth-order valence-electron chi connectivity index (χ4n) is 3.65. The topological polar surface area (TPSA) is 44.8 Å². The first-order valence-electron chi connectivity index (χ1n) is 8.41. The van der Waals surface area contributed by atoms with Crippen molar-refractivity contribution in [3.63, 3.8) is 0 Å². The van der Waals surface area contributed by atoms with Crippen LogP contribution in [0.25, 0.3) is 10.9 Å². The number of piperidine rings is 1. The molecule has 0 saturated carbocycles. The summed E-state index contributed by atoms with van der Waals surface area (Å²) in [5.41, 5.74) is 3.72. The van der Waals surface area contributed by atoms with Gasteiger partial charge in [-0.05, 0) is 61.6 Å². The van der Waals surface area contributed by atoms with Crippen molar-refractivity contribution in [1.82, 2.24) is 20.1 Å². The van der Waals surface area contributed by atoms with Crippen LogP contribution in [0.4, 0.5) is 0 Å². The van der Waals surface area contributed by atoms with Crippen LogP contribution in [0.2, 0.25) is 0 Å². The predicted molar refractivity (Wildman–Crippen MR) is 92.0 cm³/mol. The average molecular weight is 306 g/mol. The van der Waals surface area contributed by atoms with Crippen LogP contribution in [0.3, 0.4) is 0 Å². The second kappa shape index (κ2) is 6.50. The molecule has 1 aliphatic heterocycles. The molecule has 3 aromatic rings. The molecule has 23 heavy (non-hydrogen) atoms. The fourth-order valence-corrected chi connectivity index (χ4v) is 3.65. The number of aromatic nitrogens is 3. The number of aromatic amines is 1. The number of pyridine rings is 1. The van der Waals surface area contributed by atoms with Crippen LogP contribution in [0.15, 0.2) is 48.8 Å². The van der Waals surface area contributed by atoms with Crippen LogP contribution in [0, 0.1) is 5.92 Å². The first-order chi connectivity index (χ1) is 11.4. The molecule has 3 heterocycles. The van der Waals surface area contributed by atoms with E-state index in [2.05, 4.69) is 50.4 Å². The number of hydrogen-bond acceptors (Lipinski definition) is 3. The molecule has 118 valence electrons. The number of nitrogens with zero attached hydrogens (tertiary/aromatic N) is 3. The molecular weight excluding hydrogens is 284 g/mol. The van der Waals surface area contributed by atoms with Crippen molar-refractivity contribution < 1.29 is 0 Å². The minimum atomic E-state index is 0.728. The lowest BCUT2D eigenvalue weighted by Crippen LogP contribution is -2.35. The number of H-pyrrole nitrogens is 1. The molecule has 1 fully saturated rings. The van der Waals surface area contributed by atoms with Crippen molar-refractivity contribution in [2.45, 2.75) is 25.8 Å². The minimum absolute atomic E-state index is 0.728. The van der Waals surface area contributed by atoms with E-state index >= 15 is 0 Å². The molecule has 0 amide bonds. The molecule has 1 atom stereocenters. The average Bonchev–Trinajstić information content (AvgIpc) is 3.08. The molecule has 0 spiro atoms. The van der Waals surface area contributed by atoms with Crippen LogP contribution in [0.1, 0.15) is 24.1 Å². The van der Waals surface area contributed by atoms with Gasteiger partial charge in [0, 0.05) is 36.6 Å². The standard InChI is InChI=1S/C19H22N4/c1-4-17-11-16(5-6-19(17)20-8-1)14-23-10-2-3-15(13-23)12-18-7-9-21-22-18/h1,4-9,11,15H,2-3,10,12-14H2,(H,21,22). The summed E-state index contributed by atoms with van der Waals surface area (Å²) in [7, 11) is 0. The number of nitrogens with one attached hydrogen (secondary N) is 1. The molecule has 4 rings (SSSR count). The fraction of sp³-hybridized carbons (Fsp3) is 0.368. The lowest BCUT2D eigenvalue weighted by Gasteiger charge is -2.32. The van der Waals surface area contributed by atoms with Crippen LogP contribution in [0.5, 0.6) is 0 Å². The van der Waals surface area contributed by atoms with E-state index in [1.165, 1.54) is 42.6 Å².